The number of nitrogens with zero attached hydrogens (tertiary/aromatic N) is 1. The molecule has 118 valence electrons. The van der Waals surface area contributed by atoms with Crippen LogP contribution in [0.5, 0.6) is 11.5 Å². The van der Waals surface area contributed by atoms with Crippen molar-refractivity contribution < 1.29 is 9.47 Å². The molecule has 1 saturated heterocycles. The highest BCUT2D eigenvalue weighted by atomic mass is 16.5. The molecule has 0 spiro atoms. The van der Waals surface area contributed by atoms with Crippen LogP contribution in [-0.2, 0) is 0 Å². The van der Waals surface area contributed by atoms with E-state index >= 15 is 0 Å². The van der Waals surface area contributed by atoms with Crippen LogP contribution >= 0.6 is 0 Å². The molecule has 1 aliphatic rings. The van der Waals surface area contributed by atoms with Gasteiger partial charge in [-0.25, -0.2) is 0 Å². The highest BCUT2D eigenvalue weighted by Crippen LogP contribution is 2.27. The summed E-state index contributed by atoms with van der Waals surface area (Å²) in [6.45, 7) is 7.35. The van der Waals surface area contributed by atoms with Crippen molar-refractivity contribution >= 4 is 0 Å². The standard InChI is InChI=1S/C17H28N2O2/c1-13(2)19-10-8-14(9-11-19)15(18)12-21-17-7-5-4-6-16(17)20-3/h4-7,13-15H,8-12,18H2,1-3H3. The molecule has 4 nitrogen and oxygen atoms in total. The van der Waals surface area contributed by atoms with Gasteiger partial charge in [0.2, 0.25) is 0 Å². The Morgan fingerprint density at radius 1 is 1.19 bits per heavy atom. The number of nitrogens with two attached hydrogens (primary N) is 1. The fourth-order valence-electron chi connectivity index (χ4n) is 2.92. The van der Waals surface area contributed by atoms with Crippen molar-refractivity contribution in [2.24, 2.45) is 11.7 Å². The molecule has 2 N–H and O–H groups in total. The minimum atomic E-state index is 0.0872. The van der Waals surface area contributed by atoms with E-state index in [1.165, 1.54) is 0 Å². The maximum Gasteiger partial charge on any atom is 0.161 e. The molecule has 2 rings (SSSR count). The first-order valence-electron chi connectivity index (χ1n) is 7.87. The van der Waals surface area contributed by atoms with Crippen LogP contribution in [0.15, 0.2) is 24.3 Å². The first kappa shape index (κ1) is 16.1. The molecule has 1 heterocycles. The van der Waals surface area contributed by atoms with E-state index in [1.807, 2.05) is 24.3 Å². The van der Waals surface area contributed by atoms with Crippen LogP contribution in [0.25, 0.3) is 0 Å². The van der Waals surface area contributed by atoms with Gasteiger partial charge < -0.3 is 20.1 Å². The summed E-state index contributed by atoms with van der Waals surface area (Å²) in [7, 11) is 1.66. The fourth-order valence-corrected chi connectivity index (χ4v) is 2.92. The summed E-state index contributed by atoms with van der Waals surface area (Å²) in [5.41, 5.74) is 6.33. The Kier molecular flexibility index (Phi) is 5.88. The Morgan fingerprint density at radius 3 is 2.38 bits per heavy atom. The van der Waals surface area contributed by atoms with Crippen molar-refractivity contribution in [3.63, 3.8) is 0 Å². The molecule has 0 bridgehead atoms. The number of rotatable bonds is 6. The average Bonchev–Trinajstić information content (AvgIpc) is 2.52. The Morgan fingerprint density at radius 2 is 1.81 bits per heavy atom. The zero-order chi connectivity index (χ0) is 15.2. The summed E-state index contributed by atoms with van der Waals surface area (Å²) < 4.78 is 11.1. The van der Waals surface area contributed by atoms with Gasteiger partial charge in [-0.05, 0) is 57.8 Å². The van der Waals surface area contributed by atoms with Gasteiger partial charge >= 0.3 is 0 Å². The second-order valence-electron chi connectivity index (χ2n) is 6.09. The molecule has 0 aliphatic carbocycles. The lowest BCUT2D eigenvalue weighted by atomic mass is 9.90. The molecular weight excluding hydrogens is 264 g/mol. The Balaban J connectivity index is 1.81. The molecule has 0 saturated carbocycles. The molecule has 1 unspecified atom stereocenters. The normalized spacial score (nSPS) is 18.7. The van der Waals surface area contributed by atoms with Gasteiger partial charge in [-0.2, -0.15) is 0 Å². The molecule has 0 radical (unpaired) electrons. The number of likely N-dealkylation sites (tertiary alicyclic amines) is 1. The summed E-state index contributed by atoms with van der Waals surface area (Å²) in [5, 5.41) is 0. The third kappa shape index (κ3) is 4.35. The van der Waals surface area contributed by atoms with Crippen molar-refractivity contribution in [1.29, 1.82) is 0 Å². The maximum atomic E-state index is 6.33. The average molecular weight is 292 g/mol. The summed E-state index contributed by atoms with van der Waals surface area (Å²) in [4.78, 5) is 2.52. The molecule has 1 aromatic rings. The third-order valence-corrected chi connectivity index (χ3v) is 4.41. The molecule has 1 atom stereocenters. The Bertz CT molecular complexity index is 429. The summed E-state index contributed by atoms with van der Waals surface area (Å²) in [6, 6.07) is 8.43. The van der Waals surface area contributed by atoms with Gasteiger partial charge in [0.15, 0.2) is 11.5 Å². The number of methoxy groups -OCH3 is 1. The van der Waals surface area contributed by atoms with E-state index in [9.17, 15) is 0 Å². The Labute approximate surface area is 128 Å². The van der Waals surface area contributed by atoms with E-state index in [4.69, 9.17) is 15.2 Å². The number of hydrogen-bond donors (Lipinski definition) is 1. The summed E-state index contributed by atoms with van der Waals surface area (Å²) in [5.74, 6) is 2.09. The SMILES string of the molecule is COc1ccccc1OCC(N)C1CCN(C(C)C)CC1. The van der Waals surface area contributed by atoms with Crippen LogP contribution < -0.4 is 15.2 Å². The monoisotopic (exact) mass is 292 g/mol. The molecule has 4 heteroatoms. The van der Waals surface area contributed by atoms with Crippen LogP contribution in [0.3, 0.4) is 0 Å². The molecule has 1 aromatic carbocycles. The lowest BCUT2D eigenvalue weighted by molar-refractivity contribution is 0.123. The van der Waals surface area contributed by atoms with E-state index in [2.05, 4.69) is 18.7 Å². The van der Waals surface area contributed by atoms with Crippen molar-refractivity contribution in [1.82, 2.24) is 4.90 Å². The topological polar surface area (TPSA) is 47.7 Å². The quantitative estimate of drug-likeness (QED) is 0.875. The van der Waals surface area contributed by atoms with E-state index in [-0.39, 0.29) is 6.04 Å². The van der Waals surface area contributed by atoms with Crippen molar-refractivity contribution in [3.8, 4) is 11.5 Å². The maximum absolute atomic E-state index is 6.33. The van der Waals surface area contributed by atoms with Crippen LogP contribution in [0.4, 0.5) is 0 Å². The molecule has 1 aliphatic heterocycles. The molecular formula is C17H28N2O2. The zero-order valence-electron chi connectivity index (χ0n) is 13.4. The molecule has 0 aromatic heterocycles. The van der Waals surface area contributed by atoms with Gasteiger partial charge in [0.1, 0.15) is 6.61 Å². The number of hydrogen-bond acceptors (Lipinski definition) is 4. The highest BCUT2D eigenvalue weighted by molar-refractivity contribution is 5.39. The van der Waals surface area contributed by atoms with Crippen molar-refractivity contribution in [2.45, 2.75) is 38.8 Å². The van der Waals surface area contributed by atoms with Gasteiger partial charge in [-0.15, -0.1) is 0 Å². The van der Waals surface area contributed by atoms with Crippen LogP contribution in [0.2, 0.25) is 0 Å². The smallest absolute Gasteiger partial charge is 0.161 e. The van der Waals surface area contributed by atoms with E-state index < -0.39 is 0 Å². The number of benzene rings is 1. The molecule has 1 fully saturated rings. The minimum Gasteiger partial charge on any atom is -0.493 e. The molecule has 21 heavy (non-hydrogen) atoms. The van der Waals surface area contributed by atoms with Crippen molar-refractivity contribution in [3.05, 3.63) is 24.3 Å². The van der Waals surface area contributed by atoms with E-state index in [0.717, 1.165) is 37.4 Å². The lowest BCUT2D eigenvalue weighted by Gasteiger charge is -2.36. The number of ether oxygens (including phenoxy) is 2. The highest BCUT2D eigenvalue weighted by Gasteiger charge is 2.25. The van der Waals surface area contributed by atoms with Crippen LogP contribution in [0.1, 0.15) is 26.7 Å². The van der Waals surface area contributed by atoms with E-state index in [1.54, 1.807) is 7.11 Å². The van der Waals surface area contributed by atoms with Gasteiger partial charge in [0.25, 0.3) is 0 Å². The predicted molar refractivity (Wildman–Crippen MR) is 85.9 cm³/mol. The second kappa shape index (κ2) is 7.66. The fraction of sp³-hybridized carbons (Fsp3) is 0.647. The zero-order valence-corrected chi connectivity index (χ0v) is 13.4. The Hall–Kier alpha value is -1.26. The van der Waals surface area contributed by atoms with Crippen LogP contribution in [-0.4, -0.2) is 43.8 Å². The number of piperidine rings is 1. The lowest BCUT2D eigenvalue weighted by Crippen LogP contribution is -2.45. The minimum absolute atomic E-state index is 0.0872. The second-order valence-corrected chi connectivity index (χ2v) is 6.09. The first-order valence-corrected chi connectivity index (χ1v) is 7.87. The number of para-hydroxylation sites is 2. The predicted octanol–water partition coefficient (Wildman–Crippen LogP) is 2.52. The third-order valence-electron chi connectivity index (χ3n) is 4.41. The van der Waals surface area contributed by atoms with Crippen molar-refractivity contribution in [2.75, 3.05) is 26.8 Å². The molecule has 0 amide bonds. The van der Waals surface area contributed by atoms with E-state index in [0.29, 0.717) is 18.6 Å². The van der Waals surface area contributed by atoms with Gasteiger partial charge in [0, 0.05) is 12.1 Å². The van der Waals surface area contributed by atoms with Crippen LogP contribution in [0, 0.1) is 5.92 Å². The first-order chi connectivity index (χ1) is 10.1. The van der Waals surface area contributed by atoms with Gasteiger partial charge in [0.05, 0.1) is 7.11 Å². The van der Waals surface area contributed by atoms with Gasteiger partial charge in [-0.1, -0.05) is 12.1 Å². The summed E-state index contributed by atoms with van der Waals surface area (Å²) in [6.07, 6.45) is 2.32. The van der Waals surface area contributed by atoms with Gasteiger partial charge in [-0.3, -0.25) is 0 Å². The largest absolute Gasteiger partial charge is 0.493 e. The summed E-state index contributed by atoms with van der Waals surface area (Å²) >= 11 is 0.